The van der Waals surface area contributed by atoms with E-state index in [4.69, 9.17) is 0 Å². The average molecular weight is 254 g/mol. The molecule has 8 heteroatoms. The molecule has 0 atom stereocenters. The Bertz CT molecular complexity index is 323. The molecule has 0 heterocycles. The van der Waals surface area contributed by atoms with Crippen LogP contribution >= 0.6 is 0 Å². The highest BCUT2D eigenvalue weighted by Crippen LogP contribution is 2.12. The van der Waals surface area contributed by atoms with Crippen LogP contribution < -0.4 is 9.44 Å². The molecule has 0 fully saturated rings. The van der Waals surface area contributed by atoms with Crippen LogP contribution in [0.4, 0.5) is 4.79 Å². The van der Waals surface area contributed by atoms with Crippen molar-refractivity contribution in [2.75, 3.05) is 13.7 Å². The molecular formula is C8H18N2O5S. The van der Waals surface area contributed by atoms with E-state index >= 15 is 0 Å². The highest BCUT2D eigenvalue weighted by atomic mass is 32.2. The van der Waals surface area contributed by atoms with Crippen LogP contribution in [0.25, 0.3) is 0 Å². The first-order valence-electron chi connectivity index (χ1n) is 4.86. The van der Waals surface area contributed by atoms with Crippen molar-refractivity contribution in [2.45, 2.75) is 32.3 Å². The molecule has 0 radical (unpaired) electrons. The molecule has 0 aromatic heterocycles. The first-order valence-corrected chi connectivity index (χ1v) is 6.34. The molecule has 0 aromatic carbocycles. The molecule has 96 valence electrons. The lowest BCUT2D eigenvalue weighted by Gasteiger charge is -2.25. The SMILES string of the molecule is CCC(O)(CC)CNS(=O)(=O)NC(=O)OC. The number of carbonyl (C=O) groups excluding carboxylic acids is 1. The fourth-order valence-electron chi connectivity index (χ4n) is 0.917. The molecule has 0 aromatic rings. The highest BCUT2D eigenvalue weighted by molar-refractivity contribution is 7.88. The van der Waals surface area contributed by atoms with Gasteiger partial charge in [0.1, 0.15) is 0 Å². The smallest absolute Gasteiger partial charge is 0.421 e. The molecule has 0 aliphatic heterocycles. The number of hydrogen-bond acceptors (Lipinski definition) is 5. The predicted molar refractivity (Wildman–Crippen MR) is 58.0 cm³/mol. The first-order chi connectivity index (χ1) is 7.28. The van der Waals surface area contributed by atoms with Gasteiger partial charge in [0.15, 0.2) is 0 Å². The van der Waals surface area contributed by atoms with Gasteiger partial charge < -0.3 is 9.84 Å². The van der Waals surface area contributed by atoms with Crippen molar-refractivity contribution >= 4 is 16.3 Å². The summed E-state index contributed by atoms with van der Waals surface area (Å²) in [4.78, 5) is 10.7. The first kappa shape index (κ1) is 15.1. The Morgan fingerprint density at radius 1 is 1.38 bits per heavy atom. The molecule has 7 nitrogen and oxygen atoms in total. The molecule has 0 aliphatic carbocycles. The molecule has 16 heavy (non-hydrogen) atoms. The molecule has 1 amide bonds. The second-order valence-electron chi connectivity index (χ2n) is 3.35. The summed E-state index contributed by atoms with van der Waals surface area (Å²) in [5, 5.41) is 9.81. The minimum atomic E-state index is -3.98. The molecule has 0 aliphatic rings. The van der Waals surface area contributed by atoms with E-state index in [1.165, 1.54) is 0 Å². The van der Waals surface area contributed by atoms with Gasteiger partial charge in [0, 0.05) is 6.54 Å². The van der Waals surface area contributed by atoms with Gasteiger partial charge >= 0.3 is 16.3 Å². The number of amides is 1. The summed E-state index contributed by atoms with van der Waals surface area (Å²) in [5.41, 5.74) is -1.11. The second kappa shape index (κ2) is 6.02. The minimum absolute atomic E-state index is 0.160. The molecular weight excluding hydrogens is 236 g/mol. The number of carbonyl (C=O) groups is 1. The third-order valence-electron chi connectivity index (χ3n) is 2.31. The van der Waals surface area contributed by atoms with Crippen molar-refractivity contribution in [2.24, 2.45) is 0 Å². The van der Waals surface area contributed by atoms with E-state index in [0.29, 0.717) is 12.8 Å². The van der Waals surface area contributed by atoms with Crippen molar-refractivity contribution in [1.82, 2.24) is 9.44 Å². The summed E-state index contributed by atoms with van der Waals surface area (Å²) < 4.78 is 30.3. The van der Waals surface area contributed by atoms with Crippen LogP contribution in [-0.2, 0) is 14.9 Å². The summed E-state index contributed by atoms with van der Waals surface area (Å²) in [6, 6.07) is 0. The third-order valence-corrected chi connectivity index (χ3v) is 3.27. The summed E-state index contributed by atoms with van der Waals surface area (Å²) in [6.45, 7) is 3.32. The average Bonchev–Trinajstić information content (AvgIpc) is 2.25. The van der Waals surface area contributed by atoms with E-state index in [1.54, 1.807) is 18.6 Å². The van der Waals surface area contributed by atoms with Crippen LogP contribution in [0.1, 0.15) is 26.7 Å². The monoisotopic (exact) mass is 254 g/mol. The van der Waals surface area contributed by atoms with E-state index < -0.39 is 21.9 Å². The van der Waals surface area contributed by atoms with Crippen molar-refractivity contribution < 1.29 is 23.1 Å². The maximum atomic E-state index is 11.2. The normalized spacial score (nSPS) is 12.2. The summed E-state index contributed by atoms with van der Waals surface area (Å²) in [5.74, 6) is 0. The van der Waals surface area contributed by atoms with E-state index in [9.17, 15) is 18.3 Å². The number of methoxy groups -OCH3 is 1. The Hall–Kier alpha value is -0.860. The summed E-state index contributed by atoms with van der Waals surface area (Å²) in [6.07, 6.45) is -0.266. The summed E-state index contributed by atoms with van der Waals surface area (Å²) in [7, 11) is -2.93. The zero-order chi connectivity index (χ0) is 12.8. The quantitative estimate of drug-likeness (QED) is 0.605. The third kappa shape index (κ3) is 5.29. The molecule has 0 saturated carbocycles. The van der Waals surface area contributed by atoms with Gasteiger partial charge in [-0.25, -0.2) is 9.52 Å². The van der Waals surface area contributed by atoms with Crippen LogP contribution in [0.15, 0.2) is 0 Å². The van der Waals surface area contributed by atoms with Crippen LogP contribution in [0, 0.1) is 0 Å². The molecule has 0 bridgehead atoms. The Labute approximate surface area is 95.4 Å². The van der Waals surface area contributed by atoms with Gasteiger partial charge in [0.25, 0.3) is 0 Å². The Kier molecular flexibility index (Phi) is 5.70. The fourth-order valence-corrected chi connectivity index (χ4v) is 1.75. The van der Waals surface area contributed by atoms with E-state index in [-0.39, 0.29) is 6.54 Å². The molecule has 3 N–H and O–H groups in total. The lowest BCUT2D eigenvalue weighted by atomic mass is 9.98. The molecule has 0 rings (SSSR count). The zero-order valence-electron chi connectivity index (χ0n) is 9.61. The van der Waals surface area contributed by atoms with Gasteiger partial charge in [-0.3, -0.25) is 0 Å². The van der Waals surface area contributed by atoms with Crippen LogP contribution in [0.5, 0.6) is 0 Å². The molecule has 0 spiro atoms. The van der Waals surface area contributed by atoms with Crippen molar-refractivity contribution in [3.63, 3.8) is 0 Å². The van der Waals surface area contributed by atoms with Gasteiger partial charge in [0.2, 0.25) is 0 Å². The van der Waals surface area contributed by atoms with Crippen LogP contribution in [0.2, 0.25) is 0 Å². The number of hydrogen-bond donors (Lipinski definition) is 3. The lowest BCUT2D eigenvalue weighted by molar-refractivity contribution is 0.0376. The Morgan fingerprint density at radius 3 is 2.25 bits per heavy atom. The second-order valence-corrected chi connectivity index (χ2v) is 4.85. The maximum Gasteiger partial charge on any atom is 0.421 e. The lowest BCUT2D eigenvalue weighted by Crippen LogP contribution is -2.47. The van der Waals surface area contributed by atoms with Gasteiger partial charge in [0.05, 0.1) is 12.7 Å². The topological polar surface area (TPSA) is 105 Å². The van der Waals surface area contributed by atoms with Gasteiger partial charge in [-0.2, -0.15) is 13.1 Å². The minimum Gasteiger partial charge on any atom is -0.452 e. The van der Waals surface area contributed by atoms with Crippen molar-refractivity contribution in [3.8, 4) is 0 Å². The molecule has 0 unspecified atom stereocenters. The van der Waals surface area contributed by atoms with E-state index in [1.807, 2.05) is 0 Å². The van der Waals surface area contributed by atoms with Gasteiger partial charge in [-0.1, -0.05) is 13.8 Å². The maximum absolute atomic E-state index is 11.2. The van der Waals surface area contributed by atoms with Gasteiger partial charge in [-0.15, -0.1) is 0 Å². The summed E-state index contributed by atoms with van der Waals surface area (Å²) >= 11 is 0. The largest absolute Gasteiger partial charge is 0.452 e. The van der Waals surface area contributed by atoms with Crippen molar-refractivity contribution in [3.05, 3.63) is 0 Å². The van der Waals surface area contributed by atoms with Crippen molar-refractivity contribution in [1.29, 1.82) is 0 Å². The number of nitrogens with one attached hydrogen (secondary N) is 2. The standard InChI is InChI=1S/C8H18N2O5S/c1-4-8(12,5-2)6-9-16(13,14)10-7(11)15-3/h9,12H,4-6H2,1-3H3,(H,10,11). The fraction of sp³-hybridized carbons (Fsp3) is 0.875. The number of ether oxygens (including phenoxy) is 1. The van der Waals surface area contributed by atoms with Gasteiger partial charge in [-0.05, 0) is 12.8 Å². The van der Waals surface area contributed by atoms with E-state index in [2.05, 4.69) is 9.46 Å². The molecule has 0 saturated heterocycles. The van der Waals surface area contributed by atoms with Crippen LogP contribution in [0.3, 0.4) is 0 Å². The number of rotatable bonds is 6. The predicted octanol–water partition coefficient (Wildman–Crippen LogP) is -0.272. The Balaban J connectivity index is 4.34. The zero-order valence-corrected chi connectivity index (χ0v) is 10.4. The van der Waals surface area contributed by atoms with Crippen LogP contribution in [-0.4, -0.2) is 38.9 Å². The Morgan fingerprint density at radius 2 is 1.88 bits per heavy atom. The van der Waals surface area contributed by atoms with E-state index in [0.717, 1.165) is 7.11 Å². The number of aliphatic hydroxyl groups is 1. The highest BCUT2D eigenvalue weighted by Gasteiger charge is 2.25.